The van der Waals surface area contributed by atoms with E-state index in [0.717, 1.165) is 4.31 Å². The van der Waals surface area contributed by atoms with Gasteiger partial charge in [-0.25, -0.2) is 21.6 Å². The summed E-state index contributed by atoms with van der Waals surface area (Å²) in [5, 5.41) is 15.2. The minimum absolute atomic E-state index is 0.174. The fourth-order valence-electron chi connectivity index (χ4n) is 2.80. The molecule has 1 aliphatic heterocycles. The van der Waals surface area contributed by atoms with Crippen LogP contribution in [0.3, 0.4) is 0 Å². The first-order valence-electron chi connectivity index (χ1n) is 8.56. The first-order valence-corrected chi connectivity index (χ1v) is 13.0. The van der Waals surface area contributed by atoms with Gasteiger partial charge in [0.15, 0.2) is 15.6 Å². The highest BCUT2D eigenvalue weighted by atomic mass is 79.9. The zero-order chi connectivity index (χ0) is 22.1. The number of carbonyl (C=O) groups excluding carboxylic acids is 1. The second-order valence-corrected chi connectivity index (χ2v) is 11.8. The number of sulfone groups is 1. The van der Waals surface area contributed by atoms with Gasteiger partial charge in [-0.1, -0.05) is 23.7 Å². The second-order valence-electron chi connectivity index (χ2n) is 6.39. The summed E-state index contributed by atoms with van der Waals surface area (Å²) in [6, 6.07) is 8.61. The van der Waals surface area contributed by atoms with Gasteiger partial charge >= 0.3 is 6.03 Å². The molecule has 0 unspecified atom stereocenters. The fourth-order valence-corrected chi connectivity index (χ4v) is 6.65. The fraction of sp³-hybridized carbons (Fsp3) is 0.235. The SMILES string of the molecule is O=C(Nc1ccccc1Br)Nc1ccc(Cl)c(S(=O)(=O)N2CCS(=O)(=O)CC2)c1O. The molecule has 162 valence electrons. The normalized spacial score (nSPS) is 16.7. The quantitative estimate of drug-likeness (QED) is 0.513. The van der Waals surface area contributed by atoms with Crippen LogP contribution in [0, 0.1) is 0 Å². The monoisotopic (exact) mass is 537 g/mol. The number of benzene rings is 2. The van der Waals surface area contributed by atoms with E-state index >= 15 is 0 Å². The summed E-state index contributed by atoms with van der Waals surface area (Å²) in [5.74, 6) is -1.38. The van der Waals surface area contributed by atoms with Crippen molar-refractivity contribution in [3.63, 3.8) is 0 Å². The Morgan fingerprint density at radius 1 is 1.07 bits per heavy atom. The van der Waals surface area contributed by atoms with E-state index in [4.69, 9.17) is 11.6 Å². The summed E-state index contributed by atoms with van der Waals surface area (Å²) in [6.07, 6.45) is 0. The summed E-state index contributed by atoms with van der Waals surface area (Å²) in [7, 11) is -7.60. The molecule has 1 saturated heterocycles. The van der Waals surface area contributed by atoms with Crippen molar-refractivity contribution in [3.05, 3.63) is 45.9 Å². The van der Waals surface area contributed by atoms with Gasteiger partial charge in [0.2, 0.25) is 10.0 Å². The Labute approximate surface area is 187 Å². The third-order valence-corrected chi connectivity index (χ3v) is 9.06. The van der Waals surface area contributed by atoms with Crippen molar-refractivity contribution in [2.75, 3.05) is 35.2 Å². The summed E-state index contributed by atoms with van der Waals surface area (Å²) in [6.45, 7) is -0.499. The number of nitrogens with zero attached hydrogens (tertiary/aromatic N) is 1. The molecule has 2 aromatic rings. The van der Waals surface area contributed by atoms with E-state index < -0.39 is 36.5 Å². The third kappa shape index (κ3) is 4.89. The molecule has 0 spiro atoms. The Kier molecular flexibility index (Phi) is 6.63. The molecule has 0 bridgehead atoms. The number of carbonyl (C=O) groups is 1. The molecule has 9 nitrogen and oxygen atoms in total. The van der Waals surface area contributed by atoms with Crippen LogP contribution >= 0.6 is 27.5 Å². The van der Waals surface area contributed by atoms with E-state index in [1.807, 2.05) is 0 Å². The van der Waals surface area contributed by atoms with Crippen molar-refractivity contribution < 1.29 is 26.7 Å². The van der Waals surface area contributed by atoms with Crippen LogP contribution in [0.4, 0.5) is 16.2 Å². The van der Waals surface area contributed by atoms with Crippen molar-refractivity contribution in [3.8, 4) is 5.75 Å². The van der Waals surface area contributed by atoms with Crippen molar-refractivity contribution >= 4 is 64.8 Å². The number of halogens is 2. The number of phenolic OH excluding ortho intramolecular Hbond substituents is 1. The van der Waals surface area contributed by atoms with Crippen molar-refractivity contribution in [2.24, 2.45) is 0 Å². The zero-order valence-electron chi connectivity index (χ0n) is 15.3. The first kappa shape index (κ1) is 22.8. The lowest BCUT2D eigenvalue weighted by Crippen LogP contribution is -2.43. The van der Waals surface area contributed by atoms with E-state index in [0.29, 0.717) is 10.2 Å². The van der Waals surface area contributed by atoms with Gasteiger partial charge in [-0.15, -0.1) is 0 Å². The lowest BCUT2D eigenvalue weighted by molar-refractivity contribution is 0.262. The van der Waals surface area contributed by atoms with Crippen molar-refractivity contribution in [1.29, 1.82) is 0 Å². The smallest absolute Gasteiger partial charge is 0.323 e. The average Bonchev–Trinajstić information content (AvgIpc) is 2.65. The summed E-state index contributed by atoms with van der Waals surface area (Å²) >= 11 is 9.32. The molecule has 2 aromatic carbocycles. The van der Waals surface area contributed by atoms with Gasteiger partial charge in [-0.2, -0.15) is 4.31 Å². The number of sulfonamides is 1. The Morgan fingerprint density at radius 3 is 2.30 bits per heavy atom. The molecule has 1 aliphatic rings. The maximum atomic E-state index is 13.0. The Hall–Kier alpha value is -1.86. The number of para-hydroxylation sites is 1. The minimum Gasteiger partial charge on any atom is -0.504 e. The summed E-state index contributed by atoms with van der Waals surface area (Å²) in [5.41, 5.74) is 0.290. The number of phenols is 1. The first-order chi connectivity index (χ1) is 14.0. The van der Waals surface area contributed by atoms with Gasteiger partial charge in [0.25, 0.3) is 0 Å². The highest BCUT2D eigenvalue weighted by molar-refractivity contribution is 9.10. The zero-order valence-corrected chi connectivity index (χ0v) is 19.3. The molecular formula is C17H17BrClN3O6S2. The van der Waals surface area contributed by atoms with Gasteiger partial charge in [0.05, 0.1) is 27.9 Å². The number of nitrogens with one attached hydrogen (secondary N) is 2. The minimum atomic E-state index is -4.29. The van der Waals surface area contributed by atoms with E-state index in [2.05, 4.69) is 26.6 Å². The van der Waals surface area contributed by atoms with E-state index in [1.165, 1.54) is 12.1 Å². The highest BCUT2D eigenvalue weighted by Gasteiger charge is 2.35. The molecule has 1 fully saturated rings. The van der Waals surface area contributed by atoms with Gasteiger partial charge in [0.1, 0.15) is 4.90 Å². The Bertz CT molecular complexity index is 1190. The van der Waals surface area contributed by atoms with Crippen molar-refractivity contribution in [2.45, 2.75) is 4.90 Å². The number of anilines is 2. The average molecular weight is 539 g/mol. The lowest BCUT2D eigenvalue weighted by Gasteiger charge is -2.27. The number of hydrogen-bond acceptors (Lipinski definition) is 6. The molecule has 3 rings (SSSR count). The van der Waals surface area contributed by atoms with Gasteiger partial charge < -0.3 is 15.7 Å². The van der Waals surface area contributed by atoms with Crippen LogP contribution < -0.4 is 10.6 Å². The molecule has 30 heavy (non-hydrogen) atoms. The Balaban J connectivity index is 1.86. The van der Waals surface area contributed by atoms with Gasteiger partial charge in [-0.05, 0) is 40.2 Å². The van der Waals surface area contributed by atoms with Gasteiger partial charge in [-0.3, -0.25) is 0 Å². The molecule has 0 atom stereocenters. The number of amides is 2. The number of aromatic hydroxyl groups is 1. The lowest BCUT2D eigenvalue weighted by atomic mass is 10.3. The van der Waals surface area contributed by atoms with Crippen LogP contribution in [0.1, 0.15) is 0 Å². The Morgan fingerprint density at radius 2 is 1.67 bits per heavy atom. The molecule has 0 saturated carbocycles. The maximum Gasteiger partial charge on any atom is 0.323 e. The van der Waals surface area contributed by atoms with E-state index in [1.54, 1.807) is 24.3 Å². The van der Waals surface area contributed by atoms with Crippen molar-refractivity contribution in [1.82, 2.24) is 4.31 Å². The van der Waals surface area contributed by atoms with Crippen LogP contribution in [0.2, 0.25) is 5.02 Å². The summed E-state index contributed by atoms with van der Waals surface area (Å²) in [4.78, 5) is 11.7. The topological polar surface area (TPSA) is 133 Å². The molecule has 3 N–H and O–H groups in total. The van der Waals surface area contributed by atoms with Crippen LogP contribution in [0.5, 0.6) is 5.75 Å². The number of hydrogen-bond donors (Lipinski definition) is 3. The second kappa shape index (κ2) is 8.71. The summed E-state index contributed by atoms with van der Waals surface area (Å²) < 4.78 is 50.7. The molecule has 0 aliphatic carbocycles. The van der Waals surface area contributed by atoms with Crippen LogP contribution in [0.15, 0.2) is 45.8 Å². The standard InChI is InChI=1S/C17H17BrClN3O6S2/c18-11-3-1-2-4-13(11)20-17(24)21-14-6-5-12(19)16(15(14)23)30(27,28)22-7-9-29(25,26)10-8-22/h1-6,23H,7-10H2,(H2,20,21,24). The van der Waals surface area contributed by atoms with Crippen LogP contribution in [-0.4, -0.2) is 56.9 Å². The van der Waals surface area contributed by atoms with Crippen LogP contribution in [-0.2, 0) is 19.9 Å². The van der Waals surface area contributed by atoms with Gasteiger partial charge in [0, 0.05) is 17.6 Å². The van der Waals surface area contributed by atoms with E-state index in [-0.39, 0.29) is 35.3 Å². The predicted molar refractivity (Wildman–Crippen MR) is 117 cm³/mol. The predicted octanol–water partition coefficient (Wildman–Crippen LogP) is 2.87. The molecular weight excluding hydrogens is 522 g/mol. The van der Waals surface area contributed by atoms with Crippen LogP contribution in [0.25, 0.3) is 0 Å². The molecule has 2 amide bonds. The molecule has 0 aromatic heterocycles. The maximum absolute atomic E-state index is 13.0. The third-order valence-electron chi connectivity index (χ3n) is 4.35. The van der Waals surface area contributed by atoms with E-state index in [9.17, 15) is 26.7 Å². The highest BCUT2D eigenvalue weighted by Crippen LogP contribution is 2.39. The number of rotatable bonds is 4. The number of urea groups is 1. The molecule has 13 heteroatoms. The molecule has 1 heterocycles. The molecule has 0 radical (unpaired) electrons. The largest absolute Gasteiger partial charge is 0.504 e.